The van der Waals surface area contributed by atoms with Gasteiger partial charge in [0.05, 0.1) is 12.8 Å². The van der Waals surface area contributed by atoms with Crippen molar-refractivity contribution in [3.63, 3.8) is 0 Å². The summed E-state index contributed by atoms with van der Waals surface area (Å²) in [7, 11) is 1.68. The van der Waals surface area contributed by atoms with Crippen molar-refractivity contribution in [2.24, 2.45) is 0 Å². The van der Waals surface area contributed by atoms with Crippen LogP contribution >= 0.6 is 0 Å². The number of aromatic nitrogens is 1. The minimum absolute atomic E-state index is 0.506. The lowest BCUT2D eigenvalue weighted by molar-refractivity contribution is 0.415. The maximum atomic E-state index is 5.78. The van der Waals surface area contributed by atoms with E-state index in [9.17, 15) is 0 Å². The van der Waals surface area contributed by atoms with Gasteiger partial charge in [-0.15, -0.1) is 0 Å². The minimum atomic E-state index is 0.506. The van der Waals surface area contributed by atoms with Gasteiger partial charge in [-0.2, -0.15) is 0 Å². The molecule has 1 heterocycles. The Hall–Kier alpha value is -2.85. The molecule has 128 valence electrons. The number of benzene rings is 2. The molecule has 0 spiro atoms. The van der Waals surface area contributed by atoms with Gasteiger partial charge >= 0.3 is 0 Å². The number of hydrogen-bond donors (Lipinski definition) is 2. The summed E-state index contributed by atoms with van der Waals surface area (Å²) in [5.41, 5.74) is 10.1. The molecule has 0 amide bonds. The molecule has 0 saturated heterocycles. The average molecular weight is 333 g/mol. The van der Waals surface area contributed by atoms with Gasteiger partial charge in [0.2, 0.25) is 0 Å². The van der Waals surface area contributed by atoms with Crippen LogP contribution in [0.2, 0.25) is 0 Å². The Morgan fingerprint density at radius 2 is 1.80 bits per heavy atom. The number of hydrogen-bond acceptors (Lipinski definition) is 4. The molecule has 25 heavy (non-hydrogen) atoms. The predicted molar refractivity (Wildman–Crippen MR) is 102 cm³/mol. The number of nitrogen functional groups attached to an aromatic ring is 1. The summed E-state index contributed by atoms with van der Waals surface area (Å²) in [6.45, 7) is 1.73. The Morgan fingerprint density at radius 1 is 0.960 bits per heavy atom. The van der Waals surface area contributed by atoms with E-state index in [4.69, 9.17) is 10.5 Å². The first-order valence-electron chi connectivity index (χ1n) is 8.41. The lowest BCUT2D eigenvalue weighted by Gasteiger charge is -2.11. The predicted octanol–water partition coefficient (Wildman–Crippen LogP) is 3.67. The third-order valence-electron chi connectivity index (χ3n) is 4.07. The molecule has 2 aromatic carbocycles. The third-order valence-corrected chi connectivity index (χ3v) is 4.07. The van der Waals surface area contributed by atoms with Gasteiger partial charge in [0.25, 0.3) is 0 Å². The van der Waals surface area contributed by atoms with Crippen LogP contribution in [0.15, 0.2) is 66.7 Å². The van der Waals surface area contributed by atoms with E-state index in [1.165, 1.54) is 11.1 Å². The topological polar surface area (TPSA) is 60.2 Å². The molecule has 0 radical (unpaired) electrons. The summed E-state index contributed by atoms with van der Waals surface area (Å²) < 4.78 is 5.55. The van der Waals surface area contributed by atoms with E-state index in [1.807, 2.05) is 24.3 Å². The van der Waals surface area contributed by atoms with Crippen molar-refractivity contribution in [3.05, 3.63) is 77.9 Å². The van der Waals surface area contributed by atoms with Crippen molar-refractivity contribution in [2.45, 2.75) is 13.0 Å². The highest BCUT2D eigenvalue weighted by molar-refractivity contribution is 5.68. The first-order chi connectivity index (χ1) is 12.3. The maximum Gasteiger partial charge on any atom is 0.128 e. The Labute approximate surface area is 148 Å². The largest absolute Gasteiger partial charge is 0.496 e. The number of anilines is 1. The molecule has 3 aromatic rings. The van der Waals surface area contributed by atoms with Crippen LogP contribution in [0.5, 0.6) is 5.75 Å². The molecule has 0 aliphatic heterocycles. The minimum Gasteiger partial charge on any atom is -0.496 e. The van der Waals surface area contributed by atoms with Crippen LogP contribution < -0.4 is 15.8 Å². The first-order valence-corrected chi connectivity index (χ1v) is 8.41. The summed E-state index contributed by atoms with van der Waals surface area (Å²) in [5.74, 6) is 1.31. The monoisotopic (exact) mass is 333 g/mol. The summed E-state index contributed by atoms with van der Waals surface area (Å²) in [4.78, 5) is 4.37. The second-order valence-corrected chi connectivity index (χ2v) is 5.89. The molecule has 0 atom stereocenters. The highest BCUT2D eigenvalue weighted by atomic mass is 16.5. The SMILES string of the molecule is COc1cc(CNCCc2ccccc2)ccc1-c1cccc(N)n1. The van der Waals surface area contributed by atoms with Gasteiger partial charge in [0, 0.05) is 12.1 Å². The molecule has 0 fully saturated rings. The van der Waals surface area contributed by atoms with Gasteiger partial charge < -0.3 is 15.8 Å². The van der Waals surface area contributed by atoms with Crippen LogP contribution in [0.25, 0.3) is 11.3 Å². The van der Waals surface area contributed by atoms with Crippen LogP contribution in [-0.4, -0.2) is 18.6 Å². The molecule has 4 heteroatoms. The zero-order chi connectivity index (χ0) is 17.5. The van der Waals surface area contributed by atoms with Crippen LogP contribution in [0.4, 0.5) is 5.82 Å². The zero-order valence-corrected chi connectivity index (χ0v) is 14.4. The molecule has 4 nitrogen and oxygen atoms in total. The zero-order valence-electron chi connectivity index (χ0n) is 14.4. The third kappa shape index (κ3) is 4.58. The average Bonchev–Trinajstić information content (AvgIpc) is 2.66. The molecule has 1 aromatic heterocycles. The van der Waals surface area contributed by atoms with Crippen molar-refractivity contribution >= 4 is 5.82 Å². The molecule has 3 N–H and O–H groups in total. The van der Waals surface area contributed by atoms with Crippen molar-refractivity contribution < 1.29 is 4.74 Å². The highest BCUT2D eigenvalue weighted by Gasteiger charge is 2.08. The number of ether oxygens (including phenoxy) is 1. The number of methoxy groups -OCH3 is 1. The number of rotatable bonds is 7. The molecule has 0 aliphatic carbocycles. The van der Waals surface area contributed by atoms with E-state index >= 15 is 0 Å². The van der Waals surface area contributed by atoms with Crippen LogP contribution in [0.1, 0.15) is 11.1 Å². The van der Waals surface area contributed by atoms with E-state index in [0.29, 0.717) is 5.82 Å². The van der Waals surface area contributed by atoms with Gasteiger partial charge in [-0.05, 0) is 48.4 Å². The van der Waals surface area contributed by atoms with E-state index in [0.717, 1.165) is 36.5 Å². The highest BCUT2D eigenvalue weighted by Crippen LogP contribution is 2.30. The van der Waals surface area contributed by atoms with Crippen LogP contribution in [-0.2, 0) is 13.0 Å². The normalized spacial score (nSPS) is 10.6. The Bertz CT molecular complexity index is 818. The van der Waals surface area contributed by atoms with Crippen molar-refractivity contribution in [2.75, 3.05) is 19.4 Å². The second kappa shape index (κ2) is 8.31. The van der Waals surface area contributed by atoms with E-state index < -0.39 is 0 Å². The van der Waals surface area contributed by atoms with Gasteiger partial charge in [-0.1, -0.05) is 42.5 Å². The summed E-state index contributed by atoms with van der Waals surface area (Å²) in [6.07, 6.45) is 1.02. The summed E-state index contributed by atoms with van der Waals surface area (Å²) >= 11 is 0. The number of nitrogens with one attached hydrogen (secondary N) is 1. The fourth-order valence-corrected chi connectivity index (χ4v) is 2.77. The van der Waals surface area contributed by atoms with Crippen molar-refractivity contribution in [1.82, 2.24) is 10.3 Å². The number of pyridine rings is 1. The fraction of sp³-hybridized carbons (Fsp3) is 0.190. The maximum absolute atomic E-state index is 5.78. The first kappa shape index (κ1) is 17.0. The Balaban J connectivity index is 1.63. The van der Waals surface area contributed by atoms with Gasteiger partial charge in [0.1, 0.15) is 11.6 Å². The number of nitrogens with zero attached hydrogens (tertiary/aromatic N) is 1. The Morgan fingerprint density at radius 3 is 2.56 bits per heavy atom. The lowest BCUT2D eigenvalue weighted by atomic mass is 10.1. The van der Waals surface area contributed by atoms with Gasteiger partial charge in [-0.25, -0.2) is 4.98 Å². The fourth-order valence-electron chi connectivity index (χ4n) is 2.77. The molecule has 0 aliphatic rings. The summed E-state index contributed by atoms with van der Waals surface area (Å²) in [5, 5.41) is 3.48. The van der Waals surface area contributed by atoms with E-state index in [1.54, 1.807) is 13.2 Å². The lowest BCUT2D eigenvalue weighted by Crippen LogP contribution is -2.16. The smallest absolute Gasteiger partial charge is 0.128 e. The molecule has 3 rings (SSSR count). The van der Waals surface area contributed by atoms with E-state index in [2.05, 4.69) is 46.7 Å². The summed E-state index contributed by atoms with van der Waals surface area (Å²) in [6, 6.07) is 22.3. The molecule has 0 saturated carbocycles. The number of nitrogens with two attached hydrogens (primary N) is 1. The molecular formula is C21H23N3O. The second-order valence-electron chi connectivity index (χ2n) is 5.89. The standard InChI is InChI=1S/C21H23N3O/c1-25-20-14-17(15-23-13-12-16-6-3-2-4-7-16)10-11-18(20)19-8-5-9-21(22)24-19/h2-11,14,23H,12-13,15H2,1H3,(H2,22,24). The molecular weight excluding hydrogens is 310 g/mol. The van der Waals surface area contributed by atoms with Gasteiger partial charge in [-0.3, -0.25) is 0 Å². The quantitative estimate of drug-likeness (QED) is 0.648. The molecule has 0 unspecified atom stereocenters. The Kier molecular flexibility index (Phi) is 5.65. The molecule has 0 bridgehead atoms. The van der Waals surface area contributed by atoms with Crippen LogP contribution in [0, 0.1) is 0 Å². The van der Waals surface area contributed by atoms with Crippen molar-refractivity contribution in [3.8, 4) is 17.0 Å². The van der Waals surface area contributed by atoms with Crippen LogP contribution in [0.3, 0.4) is 0 Å². The van der Waals surface area contributed by atoms with E-state index in [-0.39, 0.29) is 0 Å². The van der Waals surface area contributed by atoms with Crippen molar-refractivity contribution in [1.29, 1.82) is 0 Å². The van der Waals surface area contributed by atoms with Gasteiger partial charge in [0.15, 0.2) is 0 Å².